The first-order chi connectivity index (χ1) is 9.56. The molecule has 1 aliphatic rings. The number of rotatable bonds is 6. The second-order valence-electron chi connectivity index (χ2n) is 6.30. The van der Waals surface area contributed by atoms with Gasteiger partial charge in [-0.2, -0.15) is 0 Å². The number of hydrogen-bond acceptors (Lipinski definition) is 5. The van der Waals surface area contributed by atoms with Gasteiger partial charge in [-0.25, -0.2) is 9.97 Å². The fourth-order valence-corrected chi connectivity index (χ4v) is 3.43. The molecule has 0 bridgehead atoms. The first-order valence-electron chi connectivity index (χ1n) is 7.45. The molecule has 3 N–H and O–H groups in total. The van der Waals surface area contributed by atoms with Crippen LogP contribution in [0.1, 0.15) is 46.0 Å². The van der Waals surface area contributed by atoms with E-state index in [1.807, 2.05) is 0 Å². The molecule has 0 atom stereocenters. The van der Waals surface area contributed by atoms with E-state index in [9.17, 15) is 0 Å². The summed E-state index contributed by atoms with van der Waals surface area (Å²) in [5.41, 5.74) is 6.20. The SMILES string of the molecule is COc1c(N)ncnc1NCC1(CC(C)C)CCCC1. The molecule has 1 aromatic rings. The number of nitrogen functional groups attached to an aromatic ring is 1. The van der Waals surface area contributed by atoms with Crippen molar-refractivity contribution in [2.24, 2.45) is 11.3 Å². The van der Waals surface area contributed by atoms with Crippen molar-refractivity contribution in [2.75, 3.05) is 24.7 Å². The molecule has 1 saturated carbocycles. The summed E-state index contributed by atoms with van der Waals surface area (Å²) in [6.07, 6.45) is 7.98. The van der Waals surface area contributed by atoms with Gasteiger partial charge < -0.3 is 15.8 Å². The van der Waals surface area contributed by atoms with Crippen molar-refractivity contribution in [3.8, 4) is 5.75 Å². The number of nitrogens with one attached hydrogen (secondary N) is 1. The topological polar surface area (TPSA) is 73.1 Å². The average Bonchev–Trinajstić information content (AvgIpc) is 2.84. The normalized spacial score (nSPS) is 17.4. The Morgan fingerprint density at radius 2 is 2.05 bits per heavy atom. The van der Waals surface area contributed by atoms with Crippen LogP contribution >= 0.6 is 0 Å². The molecule has 1 aromatic heterocycles. The van der Waals surface area contributed by atoms with Gasteiger partial charge in [0.1, 0.15) is 6.33 Å². The van der Waals surface area contributed by atoms with Crippen LogP contribution in [0.5, 0.6) is 5.75 Å². The van der Waals surface area contributed by atoms with E-state index in [4.69, 9.17) is 10.5 Å². The van der Waals surface area contributed by atoms with E-state index in [0.717, 1.165) is 6.54 Å². The van der Waals surface area contributed by atoms with Crippen molar-refractivity contribution < 1.29 is 4.74 Å². The Kier molecular flexibility index (Phi) is 4.68. The monoisotopic (exact) mass is 278 g/mol. The summed E-state index contributed by atoms with van der Waals surface area (Å²) < 4.78 is 5.29. The highest BCUT2D eigenvalue weighted by molar-refractivity contribution is 5.61. The predicted molar refractivity (Wildman–Crippen MR) is 81.8 cm³/mol. The zero-order valence-corrected chi connectivity index (χ0v) is 12.8. The zero-order valence-electron chi connectivity index (χ0n) is 12.8. The minimum absolute atomic E-state index is 0.384. The number of hydrogen-bond donors (Lipinski definition) is 2. The lowest BCUT2D eigenvalue weighted by Gasteiger charge is -2.31. The highest BCUT2D eigenvalue weighted by atomic mass is 16.5. The summed E-state index contributed by atoms with van der Waals surface area (Å²) in [5.74, 6) is 2.35. The molecule has 112 valence electrons. The van der Waals surface area contributed by atoms with Crippen LogP contribution in [0.25, 0.3) is 0 Å². The maximum atomic E-state index is 5.81. The van der Waals surface area contributed by atoms with E-state index in [2.05, 4.69) is 29.1 Å². The van der Waals surface area contributed by atoms with Crippen LogP contribution in [-0.4, -0.2) is 23.6 Å². The Labute approximate surface area is 121 Å². The van der Waals surface area contributed by atoms with Crippen molar-refractivity contribution in [3.05, 3.63) is 6.33 Å². The van der Waals surface area contributed by atoms with Crippen LogP contribution < -0.4 is 15.8 Å². The predicted octanol–water partition coefficient (Wildman–Crippen LogP) is 3.09. The molecule has 5 nitrogen and oxygen atoms in total. The zero-order chi connectivity index (χ0) is 14.6. The molecule has 0 aliphatic heterocycles. The Bertz CT molecular complexity index is 441. The minimum Gasteiger partial charge on any atom is -0.490 e. The summed E-state index contributed by atoms with van der Waals surface area (Å²) in [6, 6.07) is 0. The first-order valence-corrected chi connectivity index (χ1v) is 7.45. The summed E-state index contributed by atoms with van der Waals surface area (Å²) >= 11 is 0. The van der Waals surface area contributed by atoms with E-state index in [1.165, 1.54) is 38.4 Å². The average molecular weight is 278 g/mol. The first kappa shape index (κ1) is 14.9. The van der Waals surface area contributed by atoms with Gasteiger partial charge in [-0.05, 0) is 30.6 Å². The largest absolute Gasteiger partial charge is 0.490 e. The lowest BCUT2D eigenvalue weighted by molar-refractivity contribution is 0.252. The van der Waals surface area contributed by atoms with Crippen molar-refractivity contribution in [1.82, 2.24) is 9.97 Å². The Morgan fingerprint density at radius 3 is 2.65 bits per heavy atom. The standard InChI is InChI=1S/C15H26N4O/c1-11(2)8-15(6-4-5-7-15)9-17-14-12(20-3)13(16)18-10-19-14/h10-11H,4-9H2,1-3H3,(H3,16,17,18,19). The molecular weight excluding hydrogens is 252 g/mol. The summed E-state index contributed by atoms with van der Waals surface area (Å²) in [7, 11) is 1.60. The van der Waals surface area contributed by atoms with Crippen LogP contribution in [0.3, 0.4) is 0 Å². The summed E-state index contributed by atoms with van der Waals surface area (Å²) in [6.45, 7) is 5.52. The second kappa shape index (κ2) is 6.29. The van der Waals surface area contributed by atoms with Gasteiger partial charge in [-0.1, -0.05) is 26.7 Å². The van der Waals surface area contributed by atoms with Gasteiger partial charge in [0.15, 0.2) is 11.6 Å². The summed E-state index contributed by atoms with van der Waals surface area (Å²) in [4.78, 5) is 8.21. The lowest BCUT2D eigenvalue weighted by Crippen LogP contribution is -2.29. The number of nitrogens with zero attached hydrogens (tertiary/aromatic N) is 2. The van der Waals surface area contributed by atoms with Crippen LogP contribution in [0.4, 0.5) is 11.6 Å². The highest BCUT2D eigenvalue weighted by Gasteiger charge is 2.34. The number of nitrogens with two attached hydrogens (primary N) is 1. The van der Waals surface area contributed by atoms with Gasteiger partial charge in [-0.3, -0.25) is 0 Å². The van der Waals surface area contributed by atoms with Gasteiger partial charge in [0.2, 0.25) is 5.75 Å². The van der Waals surface area contributed by atoms with E-state index in [0.29, 0.717) is 28.7 Å². The van der Waals surface area contributed by atoms with Crippen molar-refractivity contribution in [2.45, 2.75) is 46.0 Å². The Hall–Kier alpha value is -1.52. The maximum Gasteiger partial charge on any atom is 0.203 e. The molecule has 2 rings (SSSR count). The number of anilines is 2. The number of methoxy groups -OCH3 is 1. The van der Waals surface area contributed by atoms with Crippen LogP contribution in [-0.2, 0) is 0 Å². The van der Waals surface area contributed by atoms with Crippen LogP contribution in [0.2, 0.25) is 0 Å². The van der Waals surface area contributed by atoms with Gasteiger partial charge in [0.25, 0.3) is 0 Å². The van der Waals surface area contributed by atoms with Gasteiger partial charge in [0, 0.05) is 6.54 Å². The third-order valence-electron chi connectivity index (χ3n) is 4.17. The molecule has 0 radical (unpaired) electrons. The fourth-order valence-electron chi connectivity index (χ4n) is 3.43. The molecule has 0 aromatic carbocycles. The van der Waals surface area contributed by atoms with E-state index < -0.39 is 0 Å². The molecule has 20 heavy (non-hydrogen) atoms. The molecule has 1 fully saturated rings. The number of aromatic nitrogens is 2. The Balaban J connectivity index is 2.08. The van der Waals surface area contributed by atoms with E-state index in [1.54, 1.807) is 7.11 Å². The molecule has 5 heteroatoms. The molecule has 1 aliphatic carbocycles. The second-order valence-corrected chi connectivity index (χ2v) is 6.30. The minimum atomic E-state index is 0.384. The smallest absolute Gasteiger partial charge is 0.203 e. The molecule has 0 spiro atoms. The molecular formula is C15H26N4O. The van der Waals surface area contributed by atoms with Crippen molar-refractivity contribution >= 4 is 11.6 Å². The van der Waals surface area contributed by atoms with Gasteiger partial charge in [-0.15, -0.1) is 0 Å². The quantitative estimate of drug-likeness (QED) is 0.836. The van der Waals surface area contributed by atoms with Crippen LogP contribution in [0, 0.1) is 11.3 Å². The van der Waals surface area contributed by atoms with Crippen molar-refractivity contribution in [3.63, 3.8) is 0 Å². The molecule has 0 unspecified atom stereocenters. The maximum absolute atomic E-state index is 5.81. The van der Waals surface area contributed by atoms with Crippen molar-refractivity contribution in [1.29, 1.82) is 0 Å². The molecule has 0 amide bonds. The Morgan fingerprint density at radius 1 is 1.35 bits per heavy atom. The van der Waals surface area contributed by atoms with Crippen LogP contribution in [0.15, 0.2) is 6.33 Å². The van der Waals surface area contributed by atoms with E-state index in [-0.39, 0.29) is 0 Å². The highest BCUT2D eigenvalue weighted by Crippen LogP contribution is 2.43. The fraction of sp³-hybridized carbons (Fsp3) is 0.733. The van der Waals surface area contributed by atoms with Gasteiger partial charge in [0.05, 0.1) is 7.11 Å². The van der Waals surface area contributed by atoms with E-state index >= 15 is 0 Å². The lowest BCUT2D eigenvalue weighted by atomic mass is 9.78. The number of ether oxygens (including phenoxy) is 1. The molecule has 1 heterocycles. The summed E-state index contributed by atoms with van der Waals surface area (Å²) in [5, 5.41) is 3.44. The molecule has 0 saturated heterocycles. The third kappa shape index (κ3) is 3.32. The third-order valence-corrected chi connectivity index (χ3v) is 4.17. The van der Waals surface area contributed by atoms with Gasteiger partial charge >= 0.3 is 0 Å².